The van der Waals surface area contributed by atoms with Gasteiger partial charge in [0.25, 0.3) is 0 Å². The lowest BCUT2D eigenvalue weighted by molar-refractivity contribution is -0.138. The van der Waals surface area contributed by atoms with Crippen molar-refractivity contribution in [2.24, 2.45) is 0 Å². The summed E-state index contributed by atoms with van der Waals surface area (Å²) in [6.45, 7) is 1.73. The summed E-state index contributed by atoms with van der Waals surface area (Å²) in [5.74, 6) is 0. The van der Waals surface area contributed by atoms with Gasteiger partial charge in [0.1, 0.15) is 0 Å². The molecule has 0 fully saturated rings. The third-order valence-corrected chi connectivity index (χ3v) is 2.94. The van der Waals surface area contributed by atoms with Gasteiger partial charge in [0.15, 0.2) is 0 Å². The highest BCUT2D eigenvalue weighted by Gasteiger charge is 2.35. The molecule has 1 rings (SSSR count). The first-order chi connectivity index (χ1) is 8.82. The highest BCUT2D eigenvalue weighted by molar-refractivity contribution is 7.15. The molecule has 1 unspecified atom stereocenters. The smallest absolute Gasteiger partial charge is 0.396 e. The molecular formula is C9H13F3N4O2S. The van der Waals surface area contributed by atoms with Crippen molar-refractivity contribution in [1.29, 1.82) is 0 Å². The number of aliphatic hydroxyl groups excluding tert-OH is 1. The molecule has 6 nitrogen and oxygen atoms in total. The van der Waals surface area contributed by atoms with Gasteiger partial charge in [-0.1, -0.05) is 11.3 Å². The summed E-state index contributed by atoms with van der Waals surface area (Å²) in [5.41, 5.74) is 0. The van der Waals surface area contributed by atoms with Crippen LogP contribution < -0.4 is 10.6 Å². The van der Waals surface area contributed by atoms with Crippen LogP contribution in [-0.2, 0) is 6.18 Å². The Morgan fingerprint density at radius 2 is 2.16 bits per heavy atom. The predicted octanol–water partition coefficient (Wildman–Crippen LogP) is 1.84. The number of rotatable bonds is 5. The Labute approximate surface area is 111 Å². The number of aliphatic hydroxyl groups is 1. The molecule has 1 atom stereocenters. The monoisotopic (exact) mass is 298 g/mol. The Balaban J connectivity index is 2.46. The Kier molecular flexibility index (Phi) is 5.48. The van der Waals surface area contributed by atoms with Crippen LogP contribution in [0.3, 0.4) is 0 Å². The summed E-state index contributed by atoms with van der Waals surface area (Å²) in [5, 5.41) is 18.1. The summed E-state index contributed by atoms with van der Waals surface area (Å²) < 4.78 is 36.7. The number of hydrogen-bond donors (Lipinski definition) is 3. The van der Waals surface area contributed by atoms with E-state index in [0.29, 0.717) is 12.8 Å². The molecule has 0 saturated heterocycles. The van der Waals surface area contributed by atoms with Crippen LogP contribution >= 0.6 is 11.3 Å². The van der Waals surface area contributed by atoms with Crippen molar-refractivity contribution in [2.75, 3.05) is 11.9 Å². The summed E-state index contributed by atoms with van der Waals surface area (Å²) >= 11 is 0.254. The molecule has 0 saturated carbocycles. The second kappa shape index (κ2) is 6.66. The minimum atomic E-state index is -4.57. The molecule has 0 aliphatic heterocycles. The lowest BCUT2D eigenvalue weighted by Gasteiger charge is -2.12. The maximum Gasteiger partial charge on any atom is 0.445 e. The lowest BCUT2D eigenvalue weighted by Crippen LogP contribution is -2.36. The van der Waals surface area contributed by atoms with Crippen LogP contribution in [-0.4, -0.2) is 34.0 Å². The third-order valence-electron chi connectivity index (χ3n) is 2.06. The number of amides is 2. The van der Waals surface area contributed by atoms with Crippen molar-refractivity contribution in [1.82, 2.24) is 15.5 Å². The first-order valence-electron chi connectivity index (χ1n) is 5.42. The average molecular weight is 298 g/mol. The van der Waals surface area contributed by atoms with Crippen molar-refractivity contribution in [3.8, 4) is 0 Å². The number of alkyl halides is 3. The molecule has 0 aromatic carbocycles. The quantitative estimate of drug-likeness (QED) is 0.774. The number of anilines is 1. The van der Waals surface area contributed by atoms with E-state index in [0.717, 1.165) is 0 Å². The van der Waals surface area contributed by atoms with E-state index in [9.17, 15) is 18.0 Å². The number of carbonyl (C=O) groups excluding carboxylic acids is 1. The number of urea groups is 1. The van der Waals surface area contributed by atoms with Gasteiger partial charge in [0.05, 0.1) is 0 Å². The zero-order valence-electron chi connectivity index (χ0n) is 9.99. The fraction of sp³-hybridized carbons (Fsp3) is 0.667. The van der Waals surface area contributed by atoms with Crippen LogP contribution in [0.5, 0.6) is 0 Å². The number of nitrogens with zero attached hydrogens (tertiary/aromatic N) is 2. The van der Waals surface area contributed by atoms with Gasteiger partial charge >= 0.3 is 12.2 Å². The van der Waals surface area contributed by atoms with Crippen LogP contribution in [0.4, 0.5) is 23.1 Å². The third kappa shape index (κ3) is 5.39. The number of carbonyl (C=O) groups is 1. The van der Waals surface area contributed by atoms with Gasteiger partial charge in [-0.3, -0.25) is 5.32 Å². The summed E-state index contributed by atoms with van der Waals surface area (Å²) in [7, 11) is 0. The Morgan fingerprint density at radius 1 is 1.47 bits per heavy atom. The molecule has 10 heteroatoms. The largest absolute Gasteiger partial charge is 0.445 e. The van der Waals surface area contributed by atoms with E-state index in [4.69, 9.17) is 5.11 Å². The van der Waals surface area contributed by atoms with Crippen molar-refractivity contribution in [3.63, 3.8) is 0 Å². The van der Waals surface area contributed by atoms with Crippen LogP contribution in [0.1, 0.15) is 24.8 Å². The van der Waals surface area contributed by atoms with Crippen molar-refractivity contribution in [3.05, 3.63) is 5.01 Å². The Hall–Kier alpha value is -1.42. The summed E-state index contributed by atoms with van der Waals surface area (Å²) in [6.07, 6.45) is -3.48. The van der Waals surface area contributed by atoms with Gasteiger partial charge in [-0.05, 0) is 19.8 Å². The van der Waals surface area contributed by atoms with Gasteiger partial charge in [-0.25, -0.2) is 4.79 Å². The molecule has 0 spiro atoms. The molecule has 0 aliphatic rings. The number of aromatic nitrogens is 2. The van der Waals surface area contributed by atoms with E-state index in [1.165, 1.54) is 0 Å². The van der Waals surface area contributed by atoms with Gasteiger partial charge in [-0.15, -0.1) is 10.2 Å². The van der Waals surface area contributed by atoms with Crippen molar-refractivity contribution < 1.29 is 23.1 Å². The standard InChI is InChI=1S/C9H13F3N4O2S/c1-5(3-2-4-17)13-7(18)14-8-16-15-6(19-8)9(10,11)12/h5,17H,2-4H2,1H3,(H2,13,14,16,18). The Bertz CT molecular complexity index is 424. The van der Waals surface area contributed by atoms with E-state index in [1.807, 2.05) is 0 Å². The zero-order valence-corrected chi connectivity index (χ0v) is 10.8. The van der Waals surface area contributed by atoms with E-state index in [-0.39, 0.29) is 29.1 Å². The topological polar surface area (TPSA) is 87.1 Å². The lowest BCUT2D eigenvalue weighted by atomic mass is 10.2. The first-order valence-corrected chi connectivity index (χ1v) is 6.23. The SMILES string of the molecule is CC(CCCO)NC(=O)Nc1nnc(C(F)(F)F)s1. The molecule has 2 amide bonds. The highest BCUT2D eigenvalue weighted by Crippen LogP contribution is 2.32. The molecule has 0 radical (unpaired) electrons. The second-order valence-corrected chi connectivity index (χ2v) is 4.75. The van der Waals surface area contributed by atoms with E-state index in [1.54, 1.807) is 6.92 Å². The minimum absolute atomic E-state index is 0.0129. The van der Waals surface area contributed by atoms with Gasteiger partial charge in [-0.2, -0.15) is 13.2 Å². The first kappa shape index (κ1) is 15.6. The van der Waals surface area contributed by atoms with Gasteiger partial charge in [0, 0.05) is 12.6 Å². The Morgan fingerprint density at radius 3 is 2.68 bits per heavy atom. The van der Waals surface area contributed by atoms with Gasteiger partial charge in [0.2, 0.25) is 10.1 Å². The summed E-state index contributed by atoms with van der Waals surface area (Å²) in [6, 6.07) is -0.863. The fourth-order valence-corrected chi connectivity index (χ4v) is 1.82. The van der Waals surface area contributed by atoms with E-state index in [2.05, 4.69) is 20.8 Å². The molecule has 1 aromatic rings. The van der Waals surface area contributed by atoms with Crippen molar-refractivity contribution >= 4 is 22.5 Å². The average Bonchev–Trinajstić information content (AvgIpc) is 2.74. The number of hydrogen-bond acceptors (Lipinski definition) is 5. The van der Waals surface area contributed by atoms with Crippen LogP contribution in [0.25, 0.3) is 0 Å². The highest BCUT2D eigenvalue weighted by atomic mass is 32.1. The summed E-state index contributed by atoms with van der Waals surface area (Å²) in [4.78, 5) is 11.4. The maximum absolute atomic E-state index is 12.2. The molecule has 1 aromatic heterocycles. The van der Waals surface area contributed by atoms with Gasteiger partial charge < -0.3 is 10.4 Å². The zero-order chi connectivity index (χ0) is 14.5. The van der Waals surface area contributed by atoms with Crippen LogP contribution in [0.15, 0.2) is 0 Å². The normalized spacial score (nSPS) is 13.1. The molecular weight excluding hydrogens is 285 g/mol. The van der Waals surface area contributed by atoms with Crippen LogP contribution in [0.2, 0.25) is 0 Å². The minimum Gasteiger partial charge on any atom is -0.396 e. The molecule has 3 N–H and O–H groups in total. The molecule has 0 bridgehead atoms. The fourth-order valence-electron chi connectivity index (χ4n) is 1.21. The van der Waals surface area contributed by atoms with E-state index < -0.39 is 17.2 Å². The predicted molar refractivity (Wildman–Crippen MR) is 62.8 cm³/mol. The van der Waals surface area contributed by atoms with Crippen LogP contribution in [0, 0.1) is 0 Å². The number of halogens is 3. The van der Waals surface area contributed by atoms with Crippen molar-refractivity contribution in [2.45, 2.75) is 32.0 Å². The molecule has 1 heterocycles. The molecule has 108 valence electrons. The maximum atomic E-state index is 12.2. The molecule has 0 aliphatic carbocycles. The second-order valence-electron chi connectivity index (χ2n) is 3.78. The number of nitrogens with one attached hydrogen (secondary N) is 2. The van der Waals surface area contributed by atoms with E-state index >= 15 is 0 Å². The molecule has 19 heavy (non-hydrogen) atoms.